The van der Waals surface area contributed by atoms with Crippen LogP contribution in [0.5, 0.6) is 0 Å². The average molecular weight is 322 g/mol. The molecule has 0 radical (unpaired) electrons. The predicted molar refractivity (Wildman–Crippen MR) is 79.7 cm³/mol. The van der Waals surface area contributed by atoms with Crippen molar-refractivity contribution in [1.82, 2.24) is 10.6 Å². The van der Waals surface area contributed by atoms with Crippen molar-refractivity contribution in [3.05, 3.63) is 46.2 Å². The molecule has 2 amide bonds. The first-order valence-corrected chi connectivity index (χ1v) is 6.98. The summed E-state index contributed by atoms with van der Waals surface area (Å²) in [6.07, 6.45) is 1.33. The van der Waals surface area contributed by atoms with Gasteiger partial charge in [0.15, 0.2) is 0 Å². The van der Waals surface area contributed by atoms with Gasteiger partial charge in [-0.3, -0.25) is 9.59 Å². The van der Waals surface area contributed by atoms with Crippen LogP contribution >= 0.6 is 0 Å². The van der Waals surface area contributed by atoms with E-state index in [2.05, 4.69) is 10.6 Å². The Kier molecular flexibility index (Phi) is 4.57. The standard InChI is InChI=1S/C15H18N2O6/c1-3-6-12(20)10(14(22)16-6)9(8(19)5-18)11-13(21)7(4-2)17-15(11)23/h3-4,8-9,18-21H,5H2,1-2H3,(H,16,22)(H,17,23)/b6-3-,7-4-. The zero-order chi connectivity index (χ0) is 17.3. The van der Waals surface area contributed by atoms with Gasteiger partial charge in [0.05, 0.1) is 41.2 Å². The highest BCUT2D eigenvalue weighted by Crippen LogP contribution is 2.36. The lowest BCUT2D eigenvalue weighted by molar-refractivity contribution is -0.118. The maximum atomic E-state index is 12.1. The van der Waals surface area contributed by atoms with Gasteiger partial charge in [-0.1, -0.05) is 12.2 Å². The Labute approximate surface area is 132 Å². The summed E-state index contributed by atoms with van der Waals surface area (Å²) in [5.74, 6) is -3.67. The monoisotopic (exact) mass is 322 g/mol. The van der Waals surface area contributed by atoms with Gasteiger partial charge >= 0.3 is 0 Å². The van der Waals surface area contributed by atoms with E-state index in [0.29, 0.717) is 0 Å². The molecule has 1 atom stereocenters. The Hall–Kier alpha value is -2.58. The van der Waals surface area contributed by atoms with Crippen molar-refractivity contribution in [2.45, 2.75) is 20.0 Å². The zero-order valence-electron chi connectivity index (χ0n) is 12.6. The molecule has 0 bridgehead atoms. The molecule has 124 valence electrons. The first kappa shape index (κ1) is 16.8. The lowest BCUT2D eigenvalue weighted by Crippen LogP contribution is -2.35. The lowest BCUT2D eigenvalue weighted by atomic mass is 9.85. The Morgan fingerprint density at radius 2 is 1.35 bits per heavy atom. The number of carbonyl (C=O) groups is 2. The van der Waals surface area contributed by atoms with E-state index in [9.17, 15) is 30.0 Å². The minimum absolute atomic E-state index is 0.130. The predicted octanol–water partition coefficient (Wildman–Crippen LogP) is -0.353. The molecule has 0 saturated heterocycles. The third kappa shape index (κ3) is 2.62. The summed E-state index contributed by atoms with van der Waals surface area (Å²) in [4.78, 5) is 24.2. The van der Waals surface area contributed by atoms with Gasteiger partial charge in [0.1, 0.15) is 11.5 Å². The molecular weight excluding hydrogens is 304 g/mol. The molecule has 0 aliphatic carbocycles. The second-order valence-electron chi connectivity index (χ2n) is 5.07. The molecule has 2 aliphatic heterocycles. The van der Waals surface area contributed by atoms with Crippen LogP contribution in [0.1, 0.15) is 13.8 Å². The molecule has 8 nitrogen and oxygen atoms in total. The number of aliphatic hydroxyl groups is 4. The molecule has 2 rings (SSSR count). The molecule has 6 N–H and O–H groups in total. The van der Waals surface area contributed by atoms with Crippen molar-refractivity contribution in [2.24, 2.45) is 5.92 Å². The van der Waals surface area contributed by atoms with Crippen LogP contribution in [0, 0.1) is 5.92 Å². The molecule has 0 fully saturated rings. The first-order chi connectivity index (χ1) is 10.9. The molecule has 0 saturated carbocycles. The molecule has 2 heterocycles. The highest BCUT2D eigenvalue weighted by atomic mass is 16.3. The fraction of sp³-hybridized carbons (Fsp3) is 0.333. The van der Waals surface area contributed by atoms with Crippen molar-refractivity contribution in [2.75, 3.05) is 6.61 Å². The molecule has 23 heavy (non-hydrogen) atoms. The van der Waals surface area contributed by atoms with E-state index in [1.165, 1.54) is 12.2 Å². The average Bonchev–Trinajstić information content (AvgIpc) is 2.98. The second-order valence-corrected chi connectivity index (χ2v) is 5.07. The summed E-state index contributed by atoms with van der Waals surface area (Å²) in [5, 5.41) is 44.5. The van der Waals surface area contributed by atoms with E-state index in [-0.39, 0.29) is 22.5 Å². The van der Waals surface area contributed by atoms with Crippen LogP contribution in [0.25, 0.3) is 0 Å². The van der Waals surface area contributed by atoms with Gasteiger partial charge < -0.3 is 31.1 Å². The number of aliphatic hydroxyl groups excluding tert-OH is 4. The van der Waals surface area contributed by atoms with Crippen LogP contribution in [0.2, 0.25) is 0 Å². The highest BCUT2D eigenvalue weighted by Gasteiger charge is 2.44. The van der Waals surface area contributed by atoms with E-state index < -0.39 is 42.0 Å². The second kappa shape index (κ2) is 6.27. The summed E-state index contributed by atoms with van der Waals surface area (Å²) in [6.45, 7) is 2.40. The molecule has 0 aromatic rings. The summed E-state index contributed by atoms with van der Waals surface area (Å²) in [5.41, 5.74) is -0.308. The minimum Gasteiger partial charge on any atom is -0.505 e. The first-order valence-electron chi connectivity index (χ1n) is 6.98. The number of allylic oxidation sites excluding steroid dienone is 2. The molecular formula is C15H18N2O6. The summed E-state index contributed by atoms with van der Waals surface area (Å²) in [7, 11) is 0. The van der Waals surface area contributed by atoms with E-state index >= 15 is 0 Å². The minimum atomic E-state index is -1.56. The van der Waals surface area contributed by atoms with E-state index in [4.69, 9.17) is 0 Å². The smallest absolute Gasteiger partial charge is 0.256 e. The van der Waals surface area contributed by atoms with Crippen molar-refractivity contribution < 1.29 is 30.0 Å². The van der Waals surface area contributed by atoms with Crippen molar-refractivity contribution in [3.63, 3.8) is 0 Å². The van der Waals surface area contributed by atoms with Crippen LogP contribution in [0.3, 0.4) is 0 Å². The fourth-order valence-corrected chi connectivity index (χ4v) is 2.63. The van der Waals surface area contributed by atoms with Gasteiger partial charge in [0, 0.05) is 0 Å². The largest absolute Gasteiger partial charge is 0.505 e. The van der Waals surface area contributed by atoms with E-state index in [0.717, 1.165) is 0 Å². The maximum Gasteiger partial charge on any atom is 0.256 e. The van der Waals surface area contributed by atoms with E-state index in [1.54, 1.807) is 13.8 Å². The van der Waals surface area contributed by atoms with Crippen LogP contribution in [-0.2, 0) is 9.59 Å². The topological polar surface area (TPSA) is 139 Å². The van der Waals surface area contributed by atoms with Gasteiger partial charge in [-0.2, -0.15) is 0 Å². The van der Waals surface area contributed by atoms with Crippen molar-refractivity contribution >= 4 is 11.8 Å². The quantitative estimate of drug-likeness (QED) is 0.418. The van der Waals surface area contributed by atoms with Gasteiger partial charge in [-0.25, -0.2) is 0 Å². The molecule has 8 heteroatoms. The third-order valence-corrected chi connectivity index (χ3v) is 3.78. The van der Waals surface area contributed by atoms with Crippen LogP contribution in [0.15, 0.2) is 46.2 Å². The summed E-state index contributed by atoms with van der Waals surface area (Å²) in [6, 6.07) is 0. The Morgan fingerprint density at radius 3 is 1.61 bits per heavy atom. The third-order valence-electron chi connectivity index (χ3n) is 3.78. The highest BCUT2D eigenvalue weighted by molar-refractivity contribution is 6.06. The molecule has 1 unspecified atom stereocenters. The maximum absolute atomic E-state index is 12.1. The molecule has 0 spiro atoms. The van der Waals surface area contributed by atoms with Crippen LogP contribution in [-0.4, -0.2) is 45.0 Å². The van der Waals surface area contributed by atoms with Crippen molar-refractivity contribution in [1.29, 1.82) is 0 Å². The molecule has 0 aromatic carbocycles. The number of rotatable bonds is 4. The van der Waals surface area contributed by atoms with Crippen molar-refractivity contribution in [3.8, 4) is 0 Å². The summed E-state index contributed by atoms with van der Waals surface area (Å²) >= 11 is 0. The Balaban J connectivity index is 2.65. The van der Waals surface area contributed by atoms with Crippen LogP contribution in [0.4, 0.5) is 0 Å². The number of hydrogen-bond acceptors (Lipinski definition) is 6. The number of amides is 2. The number of nitrogens with one attached hydrogen (secondary N) is 2. The zero-order valence-corrected chi connectivity index (χ0v) is 12.6. The lowest BCUT2D eigenvalue weighted by Gasteiger charge is -2.21. The molecule has 0 aromatic heterocycles. The van der Waals surface area contributed by atoms with Gasteiger partial charge in [0.25, 0.3) is 11.8 Å². The fourth-order valence-electron chi connectivity index (χ4n) is 2.63. The number of hydrogen-bond donors (Lipinski definition) is 6. The van der Waals surface area contributed by atoms with Gasteiger partial charge in [-0.05, 0) is 13.8 Å². The van der Waals surface area contributed by atoms with Gasteiger partial charge in [-0.15, -0.1) is 0 Å². The van der Waals surface area contributed by atoms with E-state index in [1.807, 2.05) is 0 Å². The summed E-state index contributed by atoms with van der Waals surface area (Å²) < 4.78 is 0. The van der Waals surface area contributed by atoms with Gasteiger partial charge in [0.2, 0.25) is 0 Å². The van der Waals surface area contributed by atoms with Crippen LogP contribution < -0.4 is 10.6 Å². The normalized spacial score (nSPS) is 24.5. The number of carbonyl (C=O) groups excluding carboxylic acids is 2. The Bertz CT molecular complexity index is 632. The Morgan fingerprint density at radius 1 is 0.957 bits per heavy atom. The molecule has 2 aliphatic rings. The SMILES string of the molecule is C/C=C1\NC(=O)C(C(C2=C(O)/C(=C/C)NC2=O)C(O)CO)=C1O.